The van der Waals surface area contributed by atoms with Gasteiger partial charge in [-0.25, -0.2) is 4.79 Å². The van der Waals surface area contributed by atoms with Gasteiger partial charge in [-0.15, -0.1) is 0 Å². The van der Waals surface area contributed by atoms with E-state index in [2.05, 4.69) is 31.8 Å². The van der Waals surface area contributed by atoms with Crippen LogP contribution in [-0.2, 0) is 0 Å². The summed E-state index contributed by atoms with van der Waals surface area (Å²) in [5.74, 6) is 0.546. The Balaban J connectivity index is 1.67. The Hall–Kier alpha value is -3.23. The van der Waals surface area contributed by atoms with Crippen molar-refractivity contribution < 1.29 is 14.3 Å². The molecule has 0 atom stereocenters. The average molecular weight is 484 g/mol. The number of halogens is 1. The largest absolute Gasteiger partial charge is 0.497 e. The van der Waals surface area contributed by atoms with E-state index >= 15 is 0 Å². The Labute approximate surface area is 188 Å². The third kappa shape index (κ3) is 6.13. The molecule has 0 aliphatic rings. The first-order valence-corrected chi connectivity index (χ1v) is 10.1. The molecule has 0 aliphatic carbocycles. The van der Waals surface area contributed by atoms with Crippen molar-refractivity contribution in [2.75, 3.05) is 12.4 Å². The lowest BCUT2D eigenvalue weighted by atomic mass is 10.2. The molecule has 3 aromatic carbocycles. The van der Waals surface area contributed by atoms with Gasteiger partial charge in [0.1, 0.15) is 11.5 Å². The summed E-state index contributed by atoms with van der Waals surface area (Å²) in [6, 6.07) is 21.4. The fourth-order valence-electron chi connectivity index (χ4n) is 2.44. The molecule has 152 valence electrons. The number of hydrogen-bond donors (Lipinski definition) is 2. The molecule has 0 fully saturated rings. The average Bonchev–Trinajstić information content (AvgIpc) is 2.76. The van der Waals surface area contributed by atoms with Crippen molar-refractivity contribution in [3.63, 3.8) is 0 Å². The monoisotopic (exact) mass is 483 g/mol. The number of esters is 1. The van der Waals surface area contributed by atoms with E-state index in [0.29, 0.717) is 27.7 Å². The molecule has 0 radical (unpaired) electrons. The van der Waals surface area contributed by atoms with Gasteiger partial charge in [0.2, 0.25) is 0 Å². The number of carbonyl (C=O) groups is 1. The van der Waals surface area contributed by atoms with E-state index < -0.39 is 5.97 Å². The van der Waals surface area contributed by atoms with E-state index in [9.17, 15) is 4.79 Å². The molecule has 0 unspecified atom stereocenters. The van der Waals surface area contributed by atoms with Crippen molar-refractivity contribution in [1.82, 2.24) is 5.43 Å². The zero-order valence-electron chi connectivity index (χ0n) is 16.0. The number of thiocarbonyl (C=S) groups is 1. The topological polar surface area (TPSA) is 72.0 Å². The summed E-state index contributed by atoms with van der Waals surface area (Å²) in [6.07, 6.45) is 1.53. The van der Waals surface area contributed by atoms with Crippen molar-refractivity contribution in [2.45, 2.75) is 0 Å². The molecule has 2 N–H and O–H groups in total. The van der Waals surface area contributed by atoms with Crippen molar-refractivity contribution in [3.8, 4) is 11.5 Å². The van der Waals surface area contributed by atoms with Crippen molar-refractivity contribution in [1.29, 1.82) is 0 Å². The highest BCUT2D eigenvalue weighted by Crippen LogP contribution is 2.23. The molecule has 0 aromatic heterocycles. The van der Waals surface area contributed by atoms with Crippen molar-refractivity contribution in [2.24, 2.45) is 5.10 Å². The first kappa shape index (κ1) is 21.5. The van der Waals surface area contributed by atoms with Crippen LogP contribution in [0.15, 0.2) is 82.4 Å². The first-order valence-electron chi connectivity index (χ1n) is 8.86. The molecule has 0 saturated carbocycles. The van der Waals surface area contributed by atoms with Gasteiger partial charge in [0.05, 0.1) is 18.9 Å². The van der Waals surface area contributed by atoms with Gasteiger partial charge in [-0.3, -0.25) is 5.43 Å². The second-order valence-electron chi connectivity index (χ2n) is 5.99. The van der Waals surface area contributed by atoms with Crippen LogP contribution in [0.3, 0.4) is 0 Å². The quantitative estimate of drug-likeness (QED) is 0.169. The molecule has 0 saturated heterocycles. The molecule has 0 amide bonds. The summed E-state index contributed by atoms with van der Waals surface area (Å²) in [5, 5.41) is 7.49. The van der Waals surface area contributed by atoms with Crippen molar-refractivity contribution >= 4 is 51.1 Å². The number of para-hydroxylation sites is 1. The van der Waals surface area contributed by atoms with E-state index in [1.54, 1.807) is 49.6 Å². The fourth-order valence-corrected chi connectivity index (χ4v) is 2.99. The minimum Gasteiger partial charge on any atom is -0.497 e. The molecule has 0 spiro atoms. The maximum atomic E-state index is 12.5. The minimum atomic E-state index is -0.483. The van der Waals surface area contributed by atoms with Crippen LogP contribution in [0.5, 0.6) is 11.5 Å². The third-order valence-corrected chi connectivity index (χ3v) is 4.59. The predicted molar refractivity (Wildman–Crippen MR) is 125 cm³/mol. The van der Waals surface area contributed by atoms with Crippen LogP contribution in [0.25, 0.3) is 0 Å². The maximum Gasteiger partial charge on any atom is 0.343 e. The number of nitrogens with zero attached hydrogens (tertiary/aromatic N) is 1. The number of rotatable bonds is 6. The predicted octanol–water partition coefficient (Wildman–Crippen LogP) is 5.00. The molecular formula is C22H18BrN3O3S. The Morgan fingerprint density at radius 3 is 2.50 bits per heavy atom. The van der Waals surface area contributed by atoms with E-state index in [0.717, 1.165) is 10.2 Å². The van der Waals surface area contributed by atoms with Gasteiger partial charge < -0.3 is 14.8 Å². The van der Waals surface area contributed by atoms with E-state index in [4.69, 9.17) is 21.7 Å². The van der Waals surface area contributed by atoms with Gasteiger partial charge in [-0.2, -0.15) is 5.10 Å². The Bertz CT molecular complexity index is 1060. The summed E-state index contributed by atoms with van der Waals surface area (Å²) in [4.78, 5) is 12.5. The Morgan fingerprint density at radius 1 is 1.07 bits per heavy atom. The lowest BCUT2D eigenvalue weighted by Crippen LogP contribution is -2.23. The molecular weight excluding hydrogens is 466 g/mol. The highest BCUT2D eigenvalue weighted by molar-refractivity contribution is 9.10. The van der Waals surface area contributed by atoms with Crippen LogP contribution in [-0.4, -0.2) is 24.4 Å². The van der Waals surface area contributed by atoms with Gasteiger partial charge in [0.25, 0.3) is 0 Å². The smallest absolute Gasteiger partial charge is 0.343 e. The van der Waals surface area contributed by atoms with E-state index in [1.165, 1.54) is 6.21 Å². The third-order valence-electron chi connectivity index (χ3n) is 3.90. The standard InChI is InChI=1S/C22H18BrN3O3S/c1-28-19-10-7-15(8-11-19)21(27)29-20-12-9-17(23)13-16(20)14-24-26-22(30)25-18-5-3-2-4-6-18/h2-14H,1H3,(H2,25,26,30). The highest BCUT2D eigenvalue weighted by Gasteiger charge is 2.12. The summed E-state index contributed by atoms with van der Waals surface area (Å²) >= 11 is 8.64. The first-order chi connectivity index (χ1) is 14.5. The number of carbonyl (C=O) groups excluding carboxylic acids is 1. The summed E-state index contributed by atoms with van der Waals surface area (Å²) < 4.78 is 11.5. The van der Waals surface area contributed by atoms with Crippen molar-refractivity contribution in [3.05, 3.63) is 88.4 Å². The normalized spacial score (nSPS) is 10.5. The van der Waals surface area contributed by atoms with Gasteiger partial charge in [0, 0.05) is 15.7 Å². The number of benzene rings is 3. The lowest BCUT2D eigenvalue weighted by Gasteiger charge is -2.09. The zero-order chi connectivity index (χ0) is 21.3. The number of anilines is 1. The number of ether oxygens (including phenoxy) is 2. The lowest BCUT2D eigenvalue weighted by molar-refractivity contribution is 0.0734. The molecule has 30 heavy (non-hydrogen) atoms. The fraction of sp³-hybridized carbons (Fsp3) is 0.0455. The summed E-state index contributed by atoms with van der Waals surface area (Å²) in [6.45, 7) is 0. The van der Waals surface area contributed by atoms with Gasteiger partial charge >= 0.3 is 5.97 Å². The second kappa shape index (κ2) is 10.5. The zero-order valence-corrected chi connectivity index (χ0v) is 18.4. The van der Waals surface area contributed by atoms with Crippen LogP contribution in [0, 0.1) is 0 Å². The van der Waals surface area contributed by atoms with E-state index in [1.807, 2.05) is 30.3 Å². The molecule has 0 aliphatic heterocycles. The van der Waals surface area contributed by atoms with Crippen LogP contribution >= 0.6 is 28.1 Å². The molecule has 0 bridgehead atoms. The molecule has 3 rings (SSSR count). The van der Waals surface area contributed by atoms with Gasteiger partial charge in [-0.1, -0.05) is 34.1 Å². The van der Waals surface area contributed by atoms with Crippen LogP contribution in [0.2, 0.25) is 0 Å². The second-order valence-corrected chi connectivity index (χ2v) is 7.31. The Morgan fingerprint density at radius 2 is 1.80 bits per heavy atom. The number of nitrogens with one attached hydrogen (secondary N) is 2. The molecule has 8 heteroatoms. The van der Waals surface area contributed by atoms with Gasteiger partial charge in [0.15, 0.2) is 5.11 Å². The minimum absolute atomic E-state index is 0.337. The maximum absolute atomic E-state index is 12.5. The number of hydrogen-bond acceptors (Lipinski definition) is 5. The molecule has 3 aromatic rings. The van der Waals surface area contributed by atoms with Crippen LogP contribution < -0.4 is 20.2 Å². The summed E-state index contributed by atoms with van der Waals surface area (Å²) in [7, 11) is 1.57. The van der Waals surface area contributed by atoms with E-state index in [-0.39, 0.29) is 0 Å². The number of methoxy groups -OCH3 is 1. The van der Waals surface area contributed by atoms with Crippen LogP contribution in [0.1, 0.15) is 15.9 Å². The Kier molecular flexibility index (Phi) is 7.53. The molecule has 0 heterocycles. The highest BCUT2D eigenvalue weighted by atomic mass is 79.9. The summed E-state index contributed by atoms with van der Waals surface area (Å²) in [5.41, 5.74) is 4.60. The SMILES string of the molecule is COc1ccc(C(=O)Oc2ccc(Br)cc2C=NNC(=S)Nc2ccccc2)cc1. The number of hydrazone groups is 1. The molecule has 6 nitrogen and oxygen atoms in total. The van der Waals surface area contributed by atoms with Crippen LogP contribution in [0.4, 0.5) is 5.69 Å². The van der Waals surface area contributed by atoms with Gasteiger partial charge in [-0.05, 0) is 66.8 Å².